The fraction of sp³-hybridized carbons (Fsp3) is 0.692. The second-order valence-corrected chi connectivity index (χ2v) is 4.93. The van der Waals surface area contributed by atoms with Gasteiger partial charge in [-0.2, -0.15) is 0 Å². The summed E-state index contributed by atoms with van der Waals surface area (Å²) in [6, 6.07) is 0. The van der Waals surface area contributed by atoms with Gasteiger partial charge in [-0.1, -0.05) is 25.6 Å². The first-order valence-electron chi connectivity index (χ1n) is 6.70. The number of nitrogens with zero attached hydrogens (tertiary/aromatic N) is 1. The van der Waals surface area contributed by atoms with Crippen molar-refractivity contribution in [2.45, 2.75) is 45.8 Å². The topological polar surface area (TPSA) is 49.9 Å². The van der Waals surface area contributed by atoms with Gasteiger partial charge in [0.15, 0.2) is 0 Å². The summed E-state index contributed by atoms with van der Waals surface area (Å²) in [5.41, 5.74) is 2.37. The second-order valence-electron chi connectivity index (χ2n) is 4.54. The Hall–Kier alpha value is -0.780. The van der Waals surface area contributed by atoms with Crippen molar-refractivity contribution in [3.63, 3.8) is 0 Å². The molecule has 1 aliphatic heterocycles. The van der Waals surface area contributed by atoms with E-state index in [9.17, 15) is 0 Å². The van der Waals surface area contributed by atoms with Crippen LogP contribution in [0.2, 0.25) is 0 Å². The first kappa shape index (κ1) is 13.6. The molecule has 0 fully saturated rings. The van der Waals surface area contributed by atoms with Crippen LogP contribution in [0.1, 0.15) is 49.9 Å². The highest BCUT2D eigenvalue weighted by Gasteiger charge is 2.18. The maximum Gasteiger partial charge on any atom is 0.137 e. The van der Waals surface area contributed by atoms with Gasteiger partial charge in [0.2, 0.25) is 0 Å². The zero-order chi connectivity index (χ0) is 13.0. The number of hydrogen-bond acceptors (Lipinski definition) is 4. The summed E-state index contributed by atoms with van der Waals surface area (Å²) >= 11 is 5.39. The number of aromatic amines is 1. The van der Waals surface area contributed by atoms with E-state index in [1.165, 1.54) is 5.69 Å². The number of fused-ring (bicyclic) bond motifs is 1. The molecule has 1 atom stereocenters. The van der Waals surface area contributed by atoms with Gasteiger partial charge in [0.25, 0.3) is 0 Å². The summed E-state index contributed by atoms with van der Waals surface area (Å²) in [5, 5.41) is 3.32. The highest BCUT2D eigenvalue weighted by molar-refractivity contribution is 7.71. The van der Waals surface area contributed by atoms with Gasteiger partial charge < -0.3 is 15.0 Å². The predicted octanol–water partition coefficient (Wildman–Crippen LogP) is 2.66. The van der Waals surface area contributed by atoms with Crippen LogP contribution in [0.4, 0.5) is 0 Å². The standard InChI is InChI=1S/C13H21N3OS/c1-3-5-11(17-4-2)12-15-10-6-7-14-8-9(10)13(18)16-12/h11,14H,3-8H2,1-2H3,(H,15,16,18). The molecule has 2 heterocycles. The Kier molecular flexibility index (Phi) is 4.86. The van der Waals surface area contributed by atoms with Crippen molar-refractivity contribution in [1.82, 2.24) is 15.3 Å². The van der Waals surface area contributed by atoms with E-state index in [4.69, 9.17) is 17.0 Å². The molecule has 0 aromatic carbocycles. The van der Waals surface area contributed by atoms with Crippen molar-refractivity contribution < 1.29 is 4.74 Å². The van der Waals surface area contributed by atoms with Crippen molar-refractivity contribution in [2.75, 3.05) is 13.2 Å². The molecule has 1 aliphatic rings. The van der Waals surface area contributed by atoms with Gasteiger partial charge in [0, 0.05) is 37.4 Å². The van der Waals surface area contributed by atoms with Gasteiger partial charge in [-0.25, -0.2) is 4.98 Å². The van der Waals surface area contributed by atoms with Crippen LogP contribution in [0.5, 0.6) is 0 Å². The van der Waals surface area contributed by atoms with Crippen LogP contribution in [0.25, 0.3) is 0 Å². The van der Waals surface area contributed by atoms with Gasteiger partial charge in [0.05, 0.1) is 0 Å². The molecular formula is C13H21N3OS. The highest BCUT2D eigenvalue weighted by atomic mass is 32.1. The largest absolute Gasteiger partial charge is 0.371 e. The minimum absolute atomic E-state index is 0.0434. The average molecular weight is 267 g/mol. The van der Waals surface area contributed by atoms with Gasteiger partial charge in [0.1, 0.15) is 16.6 Å². The first-order chi connectivity index (χ1) is 8.76. The van der Waals surface area contributed by atoms with E-state index in [1.807, 2.05) is 6.92 Å². The third-order valence-corrected chi connectivity index (χ3v) is 3.54. The second kappa shape index (κ2) is 6.41. The Bertz CT molecular complexity index is 452. The van der Waals surface area contributed by atoms with E-state index >= 15 is 0 Å². The third-order valence-electron chi connectivity index (χ3n) is 3.20. The maximum atomic E-state index is 5.76. The zero-order valence-corrected chi connectivity index (χ0v) is 11.9. The van der Waals surface area contributed by atoms with Crippen LogP contribution in [-0.2, 0) is 17.7 Å². The molecule has 0 aliphatic carbocycles. The van der Waals surface area contributed by atoms with E-state index in [0.717, 1.165) is 43.7 Å². The van der Waals surface area contributed by atoms with Crippen molar-refractivity contribution in [3.05, 3.63) is 21.7 Å². The van der Waals surface area contributed by atoms with Crippen molar-refractivity contribution in [1.29, 1.82) is 0 Å². The Morgan fingerprint density at radius 3 is 3.00 bits per heavy atom. The number of nitrogens with one attached hydrogen (secondary N) is 2. The molecule has 0 saturated heterocycles. The maximum absolute atomic E-state index is 5.76. The molecule has 1 unspecified atom stereocenters. The normalized spacial score (nSPS) is 16.3. The van der Waals surface area contributed by atoms with E-state index in [2.05, 4.69) is 22.2 Å². The van der Waals surface area contributed by atoms with Gasteiger partial charge in [-0.15, -0.1) is 0 Å². The number of H-pyrrole nitrogens is 1. The van der Waals surface area contributed by atoms with E-state index < -0.39 is 0 Å². The minimum atomic E-state index is 0.0434. The number of aromatic nitrogens is 2. The molecule has 2 rings (SSSR count). The van der Waals surface area contributed by atoms with Gasteiger partial charge in [-0.05, 0) is 13.3 Å². The molecule has 5 heteroatoms. The number of hydrogen-bond donors (Lipinski definition) is 2. The summed E-state index contributed by atoms with van der Waals surface area (Å²) in [6.07, 6.45) is 3.08. The summed E-state index contributed by atoms with van der Waals surface area (Å²) in [6.45, 7) is 6.69. The Labute approximate surface area is 113 Å². The Balaban J connectivity index is 2.32. The minimum Gasteiger partial charge on any atom is -0.371 e. The Morgan fingerprint density at radius 2 is 2.28 bits per heavy atom. The molecule has 100 valence electrons. The smallest absolute Gasteiger partial charge is 0.137 e. The molecule has 4 nitrogen and oxygen atoms in total. The van der Waals surface area contributed by atoms with Crippen LogP contribution < -0.4 is 5.32 Å². The third kappa shape index (κ3) is 2.96. The van der Waals surface area contributed by atoms with Crippen molar-refractivity contribution in [2.24, 2.45) is 0 Å². The molecule has 1 aromatic rings. The van der Waals surface area contributed by atoms with E-state index in [-0.39, 0.29) is 6.10 Å². The monoisotopic (exact) mass is 267 g/mol. The molecule has 2 N–H and O–H groups in total. The average Bonchev–Trinajstić information content (AvgIpc) is 2.38. The van der Waals surface area contributed by atoms with Crippen LogP contribution in [-0.4, -0.2) is 23.1 Å². The van der Waals surface area contributed by atoms with Crippen LogP contribution in [0.3, 0.4) is 0 Å². The molecule has 0 saturated carbocycles. The lowest BCUT2D eigenvalue weighted by Gasteiger charge is -2.21. The molecule has 1 aromatic heterocycles. The fourth-order valence-electron chi connectivity index (χ4n) is 2.30. The summed E-state index contributed by atoms with van der Waals surface area (Å²) in [5.74, 6) is 0.893. The SMILES string of the molecule is CCCC(OCC)c1nc(=S)c2c([nH]1)CCNC2. The molecule has 0 bridgehead atoms. The van der Waals surface area contributed by atoms with Crippen molar-refractivity contribution in [3.8, 4) is 0 Å². The molecule has 0 amide bonds. The van der Waals surface area contributed by atoms with Crippen LogP contribution in [0, 0.1) is 4.64 Å². The summed E-state index contributed by atoms with van der Waals surface area (Å²) in [4.78, 5) is 7.95. The molecular weight excluding hydrogens is 246 g/mol. The highest BCUT2D eigenvalue weighted by Crippen LogP contribution is 2.22. The van der Waals surface area contributed by atoms with Gasteiger partial charge in [-0.3, -0.25) is 0 Å². The fourth-order valence-corrected chi connectivity index (χ4v) is 2.59. The van der Waals surface area contributed by atoms with Crippen molar-refractivity contribution >= 4 is 12.2 Å². The quantitative estimate of drug-likeness (QED) is 0.805. The lowest BCUT2D eigenvalue weighted by molar-refractivity contribution is 0.0490. The number of ether oxygens (including phenoxy) is 1. The number of rotatable bonds is 5. The first-order valence-corrected chi connectivity index (χ1v) is 7.11. The molecule has 0 radical (unpaired) electrons. The lowest BCUT2D eigenvalue weighted by atomic mass is 10.1. The van der Waals surface area contributed by atoms with E-state index in [0.29, 0.717) is 11.2 Å². The molecule has 18 heavy (non-hydrogen) atoms. The summed E-state index contributed by atoms with van der Waals surface area (Å²) in [7, 11) is 0. The van der Waals surface area contributed by atoms with E-state index in [1.54, 1.807) is 0 Å². The Morgan fingerprint density at radius 1 is 1.44 bits per heavy atom. The molecule has 0 spiro atoms. The zero-order valence-electron chi connectivity index (χ0n) is 11.1. The van der Waals surface area contributed by atoms with Gasteiger partial charge >= 0.3 is 0 Å². The summed E-state index contributed by atoms with van der Waals surface area (Å²) < 4.78 is 6.47. The van der Waals surface area contributed by atoms with Crippen LogP contribution >= 0.6 is 12.2 Å². The lowest BCUT2D eigenvalue weighted by Crippen LogP contribution is -2.26. The predicted molar refractivity (Wildman–Crippen MR) is 74.1 cm³/mol. The van der Waals surface area contributed by atoms with Crippen LogP contribution in [0.15, 0.2) is 0 Å².